The number of hydrogen-bond donors (Lipinski definition) is 1. The van der Waals surface area contributed by atoms with Gasteiger partial charge in [0.05, 0.1) is 0 Å². The van der Waals surface area contributed by atoms with E-state index in [4.69, 9.17) is 16.7 Å². The van der Waals surface area contributed by atoms with Gasteiger partial charge in [-0.05, 0) is 55.0 Å². The van der Waals surface area contributed by atoms with Crippen LogP contribution in [0.2, 0.25) is 5.02 Å². The van der Waals surface area contributed by atoms with E-state index in [1.807, 2.05) is 47.4 Å². The third-order valence-corrected chi connectivity index (χ3v) is 5.68. The molecule has 1 aliphatic rings. The summed E-state index contributed by atoms with van der Waals surface area (Å²) in [5.74, 6) is -3.12. The number of nitrogens with zero attached hydrogens (tertiary/aromatic N) is 2. The first-order valence-corrected chi connectivity index (χ1v) is 10.9. The molecule has 0 atom stereocenters. The highest BCUT2D eigenvalue weighted by Crippen LogP contribution is 2.37. The smallest absolute Gasteiger partial charge is 0.471 e. The molecule has 0 spiro atoms. The summed E-state index contributed by atoms with van der Waals surface area (Å²) in [5.41, 5.74) is 4.10. The van der Waals surface area contributed by atoms with Crippen LogP contribution in [0.15, 0.2) is 54.6 Å². The Morgan fingerprint density at radius 2 is 1.76 bits per heavy atom. The van der Waals surface area contributed by atoms with Crippen molar-refractivity contribution < 1.29 is 27.9 Å². The Kier molecular flexibility index (Phi) is 8.02. The number of carbonyl (C=O) groups excluding carboxylic acids is 1. The predicted octanol–water partition coefficient (Wildman–Crippen LogP) is 5.39. The van der Waals surface area contributed by atoms with Gasteiger partial charge in [-0.15, -0.1) is 0 Å². The van der Waals surface area contributed by atoms with Crippen molar-refractivity contribution >= 4 is 34.9 Å². The molecule has 5 nitrogen and oxygen atoms in total. The van der Waals surface area contributed by atoms with Gasteiger partial charge in [0.2, 0.25) is 0 Å². The van der Waals surface area contributed by atoms with Gasteiger partial charge in [-0.2, -0.15) is 13.2 Å². The topological polar surface area (TPSA) is 60.9 Å². The monoisotopic (exact) mass is 480 g/mol. The first-order chi connectivity index (χ1) is 15.7. The lowest BCUT2D eigenvalue weighted by Crippen LogP contribution is -2.42. The van der Waals surface area contributed by atoms with Crippen molar-refractivity contribution in [1.82, 2.24) is 4.90 Å². The summed E-state index contributed by atoms with van der Waals surface area (Å²) in [6.45, 7) is 0.0475. The van der Waals surface area contributed by atoms with Crippen LogP contribution in [0.1, 0.15) is 24.0 Å². The van der Waals surface area contributed by atoms with E-state index in [0.29, 0.717) is 11.6 Å². The molecule has 0 aromatic heterocycles. The number of halogens is 4. The highest BCUT2D eigenvalue weighted by Gasteiger charge is 2.42. The summed E-state index contributed by atoms with van der Waals surface area (Å²) in [7, 11) is 0. The van der Waals surface area contributed by atoms with E-state index in [9.17, 15) is 22.8 Å². The third-order valence-electron chi connectivity index (χ3n) is 5.45. The normalized spacial score (nSPS) is 13.4. The number of benzene rings is 2. The van der Waals surface area contributed by atoms with E-state index in [2.05, 4.69) is 0 Å². The Hall–Kier alpha value is -3.00. The predicted molar refractivity (Wildman–Crippen MR) is 121 cm³/mol. The Labute approximate surface area is 195 Å². The van der Waals surface area contributed by atoms with Crippen molar-refractivity contribution in [2.75, 3.05) is 24.5 Å². The van der Waals surface area contributed by atoms with Gasteiger partial charge in [0, 0.05) is 42.1 Å². The van der Waals surface area contributed by atoms with E-state index in [0.717, 1.165) is 46.3 Å². The SMILES string of the molecule is O=C(O)/C=C/CCN(CCCN1c2ccccc2CCc2ccc(Cl)cc21)C(=O)C(F)(F)F. The minimum absolute atomic E-state index is 0.0130. The molecule has 0 unspecified atom stereocenters. The zero-order valence-corrected chi connectivity index (χ0v) is 18.6. The van der Waals surface area contributed by atoms with Crippen LogP contribution in [0.4, 0.5) is 24.5 Å². The fourth-order valence-corrected chi connectivity index (χ4v) is 4.12. The van der Waals surface area contributed by atoms with Crippen LogP contribution < -0.4 is 4.90 Å². The first kappa shape index (κ1) is 24.6. The van der Waals surface area contributed by atoms with Crippen molar-refractivity contribution in [2.45, 2.75) is 31.9 Å². The van der Waals surface area contributed by atoms with Gasteiger partial charge in [0.15, 0.2) is 0 Å². The standard InChI is InChI=1S/C24H24ClF3N2O3/c25-19-12-11-18-10-9-17-6-1-2-7-20(17)30(21(18)16-19)15-5-14-29(23(33)24(26,27)28)13-4-3-8-22(31)32/h1-3,6-8,11-12,16H,4-5,9-10,13-15H2,(H,31,32)/b8-3+. The molecule has 9 heteroatoms. The van der Waals surface area contributed by atoms with Gasteiger partial charge in [-0.25, -0.2) is 4.79 Å². The van der Waals surface area contributed by atoms with Crippen LogP contribution in [-0.4, -0.2) is 47.7 Å². The van der Waals surface area contributed by atoms with Crippen LogP contribution in [0.3, 0.4) is 0 Å². The molecule has 1 amide bonds. The highest BCUT2D eigenvalue weighted by molar-refractivity contribution is 6.30. The molecule has 2 aromatic carbocycles. The van der Waals surface area contributed by atoms with Gasteiger partial charge in [-0.1, -0.05) is 41.9 Å². The molecule has 0 radical (unpaired) electrons. The number of aliphatic carboxylic acids is 1. The number of carboxylic acids is 1. The number of hydrogen-bond acceptors (Lipinski definition) is 3. The van der Waals surface area contributed by atoms with Crippen molar-refractivity contribution in [3.05, 3.63) is 70.8 Å². The molecule has 3 rings (SSSR count). The number of alkyl halides is 3. The van der Waals surface area contributed by atoms with Gasteiger partial charge in [0.1, 0.15) is 0 Å². The average Bonchev–Trinajstić information content (AvgIpc) is 2.91. The summed E-state index contributed by atoms with van der Waals surface area (Å²) >= 11 is 6.24. The molecule has 0 saturated heterocycles. The molecule has 33 heavy (non-hydrogen) atoms. The lowest BCUT2D eigenvalue weighted by atomic mass is 10.0. The fourth-order valence-electron chi connectivity index (χ4n) is 3.95. The third kappa shape index (κ3) is 6.51. The number of anilines is 2. The second-order valence-electron chi connectivity index (χ2n) is 7.73. The molecule has 176 valence electrons. The zero-order valence-electron chi connectivity index (χ0n) is 17.8. The van der Waals surface area contributed by atoms with E-state index in [-0.39, 0.29) is 25.9 Å². The minimum atomic E-state index is -4.99. The molecule has 2 aromatic rings. The number of carboxylic acid groups (broad SMARTS) is 1. The van der Waals surface area contributed by atoms with Gasteiger partial charge >= 0.3 is 18.1 Å². The summed E-state index contributed by atoms with van der Waals surface area (Å²) < 4.78 is 39.2. The largest absolute Gasteiger partial charge is 0.478 e. The maximum Gasteiger partial charge on any atom is 0.471 e. The van der Waals surface area contributed by atoms with Crippen LogP contribution in [-0.2, 0) is 22.4 Å². The van der Waals surface area contributed by atoms with Gasteiger partial charge < -0.3 is 14.9 Å². The number of amides is 1. The fraction of sp³-hybridized carbons (Fsp3) is 0.333. The lowest BCUT2D eigenvalue weighted by molar-refractivity contribution is -0.185. The molecular weight excluding hydrogens is 457 g/mol. The maximum absolute atomic E-state index is 13.1. The Bertz CT molecular complexity index is 1040. The van der Waals surface area contributed by atoms with Gasteiger partial charge in [-0.3, -0.25) is 4.79 Å². The maximum atomic E-state index is 13.1. The Balaban J connectivity index is 1.78. The molecule has 1 heterocycles. The molecular formula is C24H24ClF3N2O3. The first-order valence-electron chi connectivity index (χ1n) is 10.6. The van der Waals surface area contributed by atoms with Crippen LogP contribution in [0, 0.1) is 0 Å². The Morgan fingerprint density at radius 1 is 1.06 bits per heavy atom. The van der Waals surface area contributed by atoms with E-state index in [1.54, 1.807) is 0 Å². The quantitative estimate of drug-likeness (QED) is 0.515. The summed E-state index contributed by atoms with van der Waals surface area (Å²) in [4.78, 5) is 25.3. The Morgan fingerprint density at radius 3 is 2.45 bits per heavy atom. The number of aryl methyl sites for hydroxylation is 2. The molecule has 1 aliphatic heterocycles. The summed E-state index contributed by atoms with van der Waals surface area (Å²) in [6.07, 6.45) is -0.965. The lowest BCUT2D eigenvalue weighted by Gasteiger charge is -2.29. The van der Waals surface area contributed by atoms with Crippen LogP contribution in [0.25, 0.3) is 0 Å². The van der Waals surface area contributed by atoms with E-state index >= 15 is 0 Å². The van der Waals surface area contributed by atoms with E-state index < -0.39 is 18.1 Å². The summed E-state index contributed by atoms with van der Waals surface area (Å²) in [6, 6.07) is 13.5. The number of fused-ring (bicyclic) bond motifs is 2. The van der Waals surface area contributed by atoms with Crippen molar-refractivity contribution in [3.8, 4) is 0 Å². The highest BCUT2D eigenvalue weighted by atomic mass is 35.5. The van der Waals surface area contributed by atoms with Crippen molar-refractivity contribution in [1.29, 1.82) is 0 Å². The molecule has 0 aliphatic carbocycles. The number of carbonyl (C=O) groups is 2. The summed E-state index contributed by atoms with van der Waals surface area (Å²) in [5, 5.41) is 9.21. The number of para-hydroxylation sites is 1. The second kappa shape index (κ2) is 10.7. The molecule has 0 saturated carbocycles. The number of rotatable bonds is 8. The zero-order chi connectivity index (χ0) is 24.0. The van der Waals surface area contributed by atoms with E-state index in [1.165, 1.54) is 6.08 Å². The van der Waals surface area contributed by atoms with Crippen LogP contribution in [0.5, 0.6) is 0 Å². The van der Waals surface area contributed by atoms with Crippen molar-refractivity contribution in [3.63, 3.8) is 0 Å². The molecule has 0 bridgehead atoms. The molecule has 0 fully saturated rings. The second-order valence-corrected chi connectivity index (χ2v) is 8.16. The van der Waals surface area contributed by atoms with Gasteiger partial charge in [0.25, 0.3) is 0 Å². The van der Waals surface area contributed by atoms with Crippen LogP contribution >= 0.6 is 11.6 Å². The molecule has 1 N–H and O–H groups in total. The average molecular weight is 481 g/mol. The van der Waals surface area contributed by atoms with Crippen molar-refractivity contribution in [2.24, 2.45) is 0 Å². The minimum Gasteiger partial charge on any atom is -0.478 e.